The van der Waals surface area contributed by atoms with Crippen molar-refractivity contribution in [2.24, 2.45) is 0 Å². The summed E-state index contributed by atoms with van der Waals surface area (Å²) in [5, 5.41) is 15.8. The van der Waals surface area contributed by atoms with Crippen LogP contribution in [0.3, 0.4) is 0 Å². The Morgan fingerprint density at radius 1 is 1.38 bits per heavy atom. The third kappa shape index (κ3) is 2.88. The van der Waals surface area contributed by atoms with Crippen molar-refractivity contribution < 1.29 is 14.7 Å². The van der Waals surface area contributed by atoms with Gasteiger partial charge in [0.15, 0.2) is 11.4 Å². The second-order valence-corrected chi connectivity index (χ2v) is 4.65. The average Bonchev–Trinajstić information content (AvgIpc) is 2.95. The van der Waals surface area contributed by atoms with Gasteiger partial charge < -0.3 is 10.4 Å². The molecule has 2 heterocycles. The number of carboxylic acid groups (broad SMARTS) is 1. The van der Waals surface area contributed by atoms with Crippen LogP contribution in [0.1, 0.15) is 46.6 Å². The van der Waals surface area contributed by atoms with E-state index in [1.54, 1.807) is 0 Å². The Morgan fingerprint density at radius 2 is 2.10 bits per heavy atom. The van der Waals surface area contributed by atoms with Crippen LogP contribution in [0.5, 0.6) is 0 Å². The first-order valence-corrected chi connectivity index (χ1v) is 6.32. The summed E-state index contributed by atoms with van der Waals surface area (Å²) in [6.45, 7) is 3.75. The summed E-state index contributed by atoms with van der Waals surface area (Å²) >= 11 is 0. The van der Waals surface area contributed by atoms with E-state index in [-0.39, 0.29) is 28.9 Å². The summed E-state index contributed by atoms with van der Waals surface area (Å²) in [4.78, 5) is 31.0. The second-order valence-electron chi connectivity index (χ2n) is 4.65. The molecule has 0 saturated heterocycles. The molecular weight excluding hydrogens is 274 g/mol. The standard InChI is InChI=1S/C13H15N5O3/c1-7(2)11-15-6-9(10(16-11)13(20)21)18-5-4-8(17-18)12(19)14-3/h4-7H,1-3H3,(H,14,19)(H,20,21). The summed E-state index contributed by atoms with van der Waals surface area (Å²) in [7, 11) is 1.49. The lowest BCUT2D eigenvalue weighted by atomic mass is 10.2. The zero-order valence-corrected chi connectivity index (χ0v) is 11.9. The number of aromatic nitrogens is 4. The van der Waals surface area contributed by atoms with Gasteiger partial charge >= 0.3 is 5.97 Å². The molecule has 2 N–H and O–H groups in total. The summed E-state index contributed by atoms with van der Waals surface area (Å²) < 4.78 is 1.28. The van der Waals surface area contributed by atoms with Crippen LogP contribution < -0.4 is 5.32 Å². The lowest BCUT2D eigenvalue weighted by Gasteiger charge is -2.08. The van der Waals surface area contributed by atoms with Crippen molar-refractivity contribution in [3.05, 3.63) is 35.7 Å². The number of nitrogens with one attached hydrogen (secondary N) is 1. The van der Waals surface area contributed by atoms with Crippen LogP contribution in [0.25, 0.3) is 5.69 Å². The van der Waals surface area contributed by atoms with E-state index >= 15 is 0 Å². The molecular formula is C13H15N5O3. The summed E-state index contributed by atoms with van der Waals surface area (Å²) in [5.41, 5.74) is 0.240. The number of nitrogens with zero attached hydrogens (tertiary/aromatic N) is 4. The fourth-order valence-corrected chi connectivity index (χ4v) is 1.70. The van der Waals surface area contributed by atoms with Crippen LogP contribution >= 0.6 is 0 Å². The molecule has 2 aromatic rings. The minimum atomic E-state index is -1.17. The largest absolute Gasteiger partial charge is 0.476 e. The molecule has 8 nitrogen and oxygen atoms in total. The molecule has 0 radical (unpaired) electrons. The van der Waals surface area contributed by atoms with Crippen LogP contribution in [0.4, 0.5) is 0 Å². The van der Waals surface area contributed by atoms with E-state index < -0.39 is 5.97 Å². The maximum atomic E-state index is 11.5. The van der Waals surface area contributed by atoms with Crippen LogP contribution in [0.2, 0.25) is 0 Å². The van der Waals surface area contributed by atoms with Crippen molar-refractivity contribution in [2.45, 2.75) is 19.8 Å². The Morgan fingerprint density at radius 3 is 2.67 bits per heavy atom. The van der Waals surface area contributed by atoms with E-state index in [1.165, 1.54) is 30.2 Å². The van der Waals surface area contributed by atoms with Gasteiger partial charge in [-0.05, 0) is 6.07 Å². The fourth-order valence-electron chi connectivity index (χ4n) is 1.70. The molecule has 2 aromatic heterocycles. The highest BCUT2D eigenvalue weighted by atomic mass is 16.4. The van der Waals surface area contributed by atoms with Gasteiger partial charge in [0.25, 0.3) is 5.91 Å². The van der Waals surface area contributed by atoms with Gasteiger partial charge in [-0.3, -0.25) is 4.79 Å². The van der Waals surface area contributed by atoms with Crippen molar-refractivity contribution in [1.82, 2.24) is 25.1 Å². The Labute approximate surface area is 120 Å². The van der Waals surface area contributed by atoms with Crippen LogP contribution in [0, 0.1) is 0 Å². The van der Waals surface area contributed by atoms with Crippen molar-refractivity contribution in [3.63, 3.8) is 0 Å². The number of aromatic carboxylic acids is 1. The Kier molecular flexibility index (Phi) is 3.97. The molecule has 0 spiro atoms. The molecule has 0 bridgehead atoms. The SMILES string of the molecule is CNC(=O)c1ccn(-c2cnc(C(C)C)nc2C(=O)O)n1. The lowest BCUT2D eigenvalue weighted by molar-refractivity contribution is 0.0689. The van der Waals surface area contributed by atoms with E-state index in [2.05, 4.69) is 20.4 Å². The first kappa shape index (κ1) is 14.6. The summed E-state index contributed by atoms with van der Waals surface area (Å²) in [5.74, 6) is -1.08. The van der Waals surface area contributed by atoms with Gasteiger partial charge in [-0.2, -0.15) is 5.10 Å². The predicted octanol–water partition coefficient (Wildman–Crippen LogP) is 0.843. The molecule has 0 aliphatic rings. The zero-order chi connectivity index (χ0) is 15.6. The highest BCUT2D eigenvalue weighted by molar-refractivity contribution is 5.92. The highest BCUT2D eigenvalue weighted by Crippen LogP contribution is 2.15. The van der Waals surface area contributed by atoms with Crippen molar-refractivity contribution in [3.8, 4) is 5.69 Å². The molecule has 0 fully saturated rings. The monoisotopic (exact) mass is 289 g/mol. The van der Waals surface area contributed by atoms with Gasteiger partial charge in [-0.25, -0.2) is 19.4 Å². The highest BCUT2D eigenvalue weighted by Gasteiger charge is 2.18. The maximum Gasteiger partial charge on any atom is 0.356 e. The summed E-state index contributed by atoms with van der Waals surface area (Å²) in [6.07, 6.45) is 2.89. The average molecular weight is 289 g/mol. The number of hydrogen-bond acceptors (Lipinski definition) is 5. The molecule has 0 aliphatic heterocycles. The third-order valence-electron chi connectivity index (χ3n) is 2.80. The molecule has 2 rings (SSSR count). The predicted molar refractivity (Wildman–Crippen MR) is 73.6 cm³/mol. The topological polar surface area (TPSA) is 110 Å². The van der Waals surface area contributed by atoms with Crippen LogP contribution in [0.15, 0.2) is 18.5 Å². The molecule has 8 heteroatoms. The van der Waals surface area contributed by atoms with Gasteiger partial charge in [0.05, 0.1) is 6.20 Å². The van der Waals surface area contributed by atoms with Gasteiger partial charge in [0.2, 0.25) is 0 Å². The number of amides is 1. The Hall–Kier alpha value is -2.77. The minimum absolute atomic E-state index is 0.0104. The fraction of sp³-hybridized carbons (Fsp3) is 0.308. The van der Waals surface area contributed by atoms with E-state index in [4.69, 9.17) is 0 Å². The third-order valence-corrected chi connectivity index (χ3v) is 2.80. The maximum absolute atomic E-state index is 11.5. The van der Waals surface area contributed by atoms with Gasteiger partial charge in [0, 0.05) is 19.2 Å². The smallest absolute Gasteiger partial charge is 0.356 e. The molecule has 110 valence electrons. The quantitative estimate of drug-likeness (QED) is 0.863. The Balaban J connectivity index is 2.50. The number of carbonyl (C=O) groups is 2. The summed E-state index contributed by atoms with van der Waals surface area (Å²) in [6, 6.07) is 1.49. The number of carboxylic acids is 1. The number of hydrogen-bond donors (Lipinski definition) is 2. The van der Waals surface area contributed by atoms with Crippen LogP contribution in [-0.2, 0) is 0 Å². The molecule has 0 saturated carbocycles. The first-order valence-electron chi connectivity index (χ1n) is 6.32. The van der Waals surface area contributed by atoms with E-state index in [9.17, 15) is 14.7 Å². The second kappa shape index (κ2) is 5.70. The van der Waals surface area contributed by atoms with E-state index in [1.807, 2.05) is 13.8 Å². The van der Waals surface area contributed by atoms with Crippen molar-refractivity contribution >= 4 is 11.9 Å². The lowest BCUT2D eigenvalue weighted by Crippen LogP contribution is -2.19. The molecule has 0 aliphatic carbocycles. The number of rotatable bonds is 4. The first-order chi connectivity index (χ1) is 9.93. The van der Waals surface area contributed by atoms with Gasteiger partial charge in [-0.1, -0.05) is 13.8 Å². The van der Waals surface area contributed by atoms with Gasteiger partial charge in [-0.15, -0.1) is 0 Å². The molecule has 1 amide bonds. The molecule has 0 unspecified atom stereocenters. The van der Waals surface area contributed by atoms with Crippen molar-refractivity contribution in [2.75, 3.05) is 7.05 Å². The van der Waals surface area contributed by atoms with Gasteiger partial charge in [0.1, 0.15) is 11.5 Å². The zero-order valence-electron chi connectivity index (χ0n) is 11.9. The molecule has 0 aromatic carbocycles. The number of carbonyl (C=O) groups excluding carboxylic acids is 1. The van der Waals surface area contributed by atoms with Crippen molar-refractivity contribution in [1.29, 1.82) is 0 Å². The van der Waals surface area contributed by atoms with Crippen LogP contribution in [-0.4, -0.2) is 43.8 Å². The van der Waals surface area contributed by atoms with E-state index in [0.29, 0.717) is 5.82 Å². The minimum Gasteiger partial charge on any atom is -0.476 e. The molecule has 21 heavy (non-hydrogen) atoms. The Bertz CT molecular complexity index is 693. The van der Waals surface area contributed by atoms with E-state index in [0.717, 1.165) is 0 Å². The normalized spacial score (nSPS) is 10.7. The molecule has 0 atom stereocenters.